The number of carbonyl (C=O) groups excluding carboxylic acids is 1. The average Bonchev–Trinajstić information content (AvgIpc) is 3.09. The van der Waals surface area contributed by atoms with Crippen LogP contribution in [0.1, 0.15) is 41.3 Å². The standard InChI is InChI=1S/C19H22F2N4O4/c1-11-7-6-8-13(17(24-28-5)19(26)27-4)15(11)10-29-23-12(2)14-9-25(3)22-16(14)18(20)21/h6-9,18H,10H2,1-5H3/b23-12+,24-17+. The minimum absolute atomic E-state index is 0.0229. The van der Waals surface area contributed by atoms with Crippen molar-refractivity contribution in [3.63, 3.8) is 0 Å². The first kappa shape index (κ1) is 22.0. The molecule has 29 heavy (non-hydrogen) atoms. The fourth-order valence-electron chi connectivity index (χ4n) is 2.69. The largest absolute Gasteiger partial charge is 0.464 e. The van der Waals surface area contributed by atoms with E-state index < -0.39 is 12.4 Å². The Morgan fingerprint density at radius 3 is 2.59 bits per heavy atom. The number of aryl methyl sites for hydroxylation is 2. The first-order valence-electron chi connectivity index (χ1n) is 8.57. The van der Waals surface area contributed by atoms with E-state index in [-0.39, 0.29) is 29.3 Å². The maximum Gasteiger partial charge on any atom is 0.360 e. The molecule has 0 spiro atoms. The Balaban J connectivity index is 2.31. The number of hydrogen-bond donors (Lipinski definition) is 0. The number of alkyl halides is 2. The topological polar surface area (TPSA) is 87.3 Å². The van der Waals surface area contributed by atoms with Crippen LogP contribution >= 0.6 is 0 Å². The highest BCUT2D eigenvalue weighted by Crippen LogP contribution is 2.22. The van der Waals surface area contributed by atoms with E-state index in [1.807, 2.05) is 13.0 Å². The van der Waals surface area contributed by atoms with Crippen LogP contribution in [0.2, 0.25) is 0 Å². The number of hydrogen-bond acceptors (Lipinski definition) is 7. The fourth-order valence-corrected chi connectivity index (χ4v) is 2.69. The van der Waals surface area contributed by atoms with E-state index in [0.717, 1.165) is 5.56 Å². The third kappa shape index (κ3) is 5.15. The van der Waals surface area contributed by atoms with Crippen molar-refractivity contribution in [2.24, 2.45) is 17.4 Å². The van der Waals surface area contributed by atoms with Crippen LogP contribution in [0.5, 0.6) is 0 Å². The van der Waals surface area contributed by atoms with Gasteiger partial charge in [0.05, 0.1) is 12.8 Å². The molecule has 2 rings (SSSR count). The molecule has 0 bridgehead atoms. The van der Waals surface area contributed by atoms with Crippen molar-refractivity contribution < 1.29 is 28.0 Å². The van der Waals surface area contributed by atoms with Gasteiger partial charge in [-0.05, 0) is 19.4 Å². The lowest BCUT2D eigenvalue weighted by Crippen LogP contribution is -2.20. The zero-order valence-corrected chi connectivity index (χ0v) is 16.8. The monoisotopic (exact) mass is 408 g/mol. The van der Waals surface area contributed by atoms with E-state index in [1.54, 1.807) is 26.1 Å². The van der Waals surface area contributed by atoms with Gasteiger partial charge in [-0.25, -0.2) is 13.6 Å². The first-order valence-corrected chi connectivity index (χ1v) is 8.57. The molecule has 0 aliphatic heterocycles. The normalized spacial score (nSPS) is 12.3. The van der Waals surface area contributed by atoms with Crippen molar-refractivity contribution in [1.82, 2.24) is 9.78 Å². The van der Waals surface area contributed by atoms with Crippen LogP contribution in [0.25, 0.3) is 0 Å². The number of carbonyl (C=O) groups is 1. The molecule has 1 heterocycles. The predicted molar refractivity (Wildman–Crippen MR) is 102 cm³/mol. The number of aromatic nitrogens is 2. The van der Waals surface area contributed by atoms with Crippen molar-refractivity contribution in [3.05, 3.63) is 52.3 Å². The smallest absolute Gasteiger partial charge is 0.360 e. The first-order chi connectivity index (χ1) is 13.8. The summed E-state index contributed by atoms with van der Waals surface area (Å²) in [6.45, 7) is 3.35. The summed E-state index contributed by atoms with van der Waals surface area (Å²) in [6, 6.07) is 5.25. The molecule has 0 unspecified atom stereocenters. The quantitative estimate of drug-likeness (QED) is 0.380. The second-order valence-electron chi connectivity index (χ2n) is 6.07. The minimum atomic E-state index is -2.73. The maximum atomic E-state index is 13.1. The van der Waals surface area contributed by atoms with Gasteiger partial charge >= 0.3 is 5.97 Å². The molecule has 8 nitrogen and oxygen atoms in total. The Morgan fingerprint density at radius 2 is 1.97 bits per heavy atom. The average molecular weight is 408 g/mol. The molecule has 1 aromatic carbocycles. The molecule has 0 atom stereocenters. The molecular weight excluding hydrogens is 386 g/mol. The SMILES string of the molecule is CO/N=C(/C(=O)OC)c1cccc(C)c1CO/N=C(\C)c1cn(C)nc1C(F)F. The number of oxime groups is 2. The van der Waals surface area contributed by atoms with Crippen molar-refractivity contribution in [2.45, 2.75) is 26.9 Å². The molecule has 0 radical (unpaired) electrons. The number of rotatable bonds is 8. The van der Waals surface area contributed by atoms with Crippen molar-refractivity contribution in [3.8, 4) is 0 Å². The van der Waals surface area contributed by atoms with Gasteiger partial charge in [0.2, 0.25) is 0 Å². The summed E-state index contributed by atoms with van der Waals surface area (Å²) in [4.78, 5) is 22.2. The van der Waals surface area contributed by atoms with Gasteiger partial charge in [0.15, 0.2) is 5.71 Å². The number of nitrogens with zero attached hydrogens (tertiary/aromatic N) is 4. The fraction of sp³-hybridized carbons (Fsp3) is 0.368. The van der Waals surface area contributed by atoms with Crippen LogP contribution in [0, 0.1) is 6.92 Å². The maximum absolute atomic E-state index is 13.1. The number of halogens is 2. The Hall–Kier alpha value is -3.30. The lowest BCUT2D eigenvalue weighted by atomic mass is 9.99. The number of benzene rings is 1. The number of esters is 1. The van der Waals surface area contributed by atoms with Gasteiger partial charge in [-0.3, -0.25) is 4.68 Å². The van der Waals surface area contributed by atoms with E-state index in [1.165, 1.54) is 25.1 Å². The van der Waals surface area contributed by atoms with E-state index in [4.69, 9.17) is 14.4 Å². The minimum Gasteiger partial charge on any atom is -0.464 e. The Bertz CT molecular complexity index is 938. The van der Waals surface area contributed by atoms with Crippen LogP contribution in [-0.2, 0) is 32.9 Å². The highest BCUT2D eigenvalue weighted by atomic mass is 19.3. The van der Waals surface area contributed by atoms with Crippen LogP contribution in [0.15, 0.2) is 34.7 Å². The van der Waals surface area contributed by atoms with Gasteiger partial charge in [0.25, 0.3) is 6.43 Å². The zero-order chi connectivity index (χ0) is 21.6. The number of ether oxygens (including phenoxy) is 1. The summed E-state index contributed by atoms with van der Waals surface area (Å²) in [7, 11) is 4.10. The van der Waals surface area contributed by atoms with Gasteiger partial charge in [0, 0.05) is 29.9 Å². The third-order valence-corrected chi connectivity index (χ3v) is 4.09. The lowest BCUT2D eigenvalue weighted by molar-refractivity contribution is -0.132. The van der Waals surface area contributed by atoms with Gasteiger partial charge in [-0.2, -0.15) is 5.10 Å². The van der Waals surface area contributed by atoms with Crippen molar-refractivity contribution >= 4 is 17.4 Å². The summed E-state index contributed by atoms with van der Waals surface area (Å²) in [5.74, 6) is -0.671. The number of methoxy groups -OCH3 is 1. The van der Waals surface area contributed by atoms with Crippen LogP contribution in [-0.4, -0.2) is 41.4 Å². The molecule has 0 saturated carbocycles. The van der Waals surface area contributed by atoms with Gasteiger partial charge in [-0.1, -0.05) is 28.5 Å². The second kappa shape index (κ2) is 9.76. The van der Waals surface area contributed by atoms with E-state index in [2.05, 4.69) is 15.4 Å². The second-order valence-corrected chi connectivity index (χ2v) is 6.07. The van der Waals surface area contributed by atoms with Crippen molar-refractivity contribution in [1.29, 1.82) is 0 Å². The molecule has 0 amide bonds. The molecule has 2 aromatic rings. The van der Waals surface area contributed by atoms with Gasteiger partial charge < -0.3 is 14.4 Å². The molecule has 0 saturated heterocycles. The Morgan fingerprint density at radius 1 is 1.24 bits per heavy atom. The molecule has 1 aromatic heterocycles. The van der Waals surface area contributed by atoms with E-state index in [9.17, 15) is 13.6 Å². The summed E-state index contributed by atoms with van der Waals surface area (Å²) in [5.41, 5.74) is 1.97. The van der Waals surface area contributed by atoms with Gasteiger partial charge in [0.1, 0.15) is 19.4 Å². The summed E-state index contributed by atoms with van der Waals surface area (Å²) in [5, 5.41) is 11.4. The Kier molecular flexibility index (Phi) is 7.40. The summed E-state index contributed by atoms with van der Waals surface area (Å²) in [6.07, 6.45) is -1.28. The molecular formula is C19H22F2N4O4. The van der Waals surface area contributed by atoms with Gasteiger partial charge in [-0.15, -0.1) is 0 Å². The highest BCUT2D eigenvalue weighted by Gasteiger charge is 2.22. The third-order valence-electron chi connectivity index (χ3n) is 4.09. The van der Waals surface area contributed by atoms with Crippen molar-refractivity contribution in [2.75, 3.05) is 14.2 Å². The lowest BCUT2D eigenvalue weighted by Gasteiger charge is -2.12. The predicted octanol–water partition coefficient (Wildman–Crippen LogP) is 3.13. The van der Waals surface area contributed by atoms with E-state index >= 15 is 0 Å². The van der Waals surface area contributed by atoms with Crippen LogP contribution in [0.3, 0.4) is 0 Å². The molecule has 0 aliphatic rings. The van der Waals surface area contributed by atoms with E-state index in [0.29, 0.717) is 11.1 Å². The van der Waals surface area contributed by atoms with Crippen LogP contribution in [0.4, 0.5) is 8.78 Å². The molecule has 156 valence electrons. The molecule has 0 fully saturated rings. The zero-order valence-electron chi connectivity index (χ0n) is 16.8. The highest BCUT2D eigenvalue weighted by molar-refractivity contribution is 6.43. The molecule has 0 aliphatic carbocycles. The molecule has 10 heteroatoms. The summed E-state index contributed by atoms with van der Waals surface area (Å²) < 4.78 is 32.3. The Labute approximate surface area is 166 Å². The molecule has 0 N–H and O–H groups in total. The summed E-state index contributed by atoms with van der Waals surface area (Å²) >= 11 is 0. The van der Waals surface area contributed by atoms with Crippen LogP contribution < -0.4 is 0 Å².